The predicted molar refractivity (Wildman–Crippen MR) is 67.6 cm³/mol. The Morgan fingerprint density at radius 3 is 1.88 bits per heavy atom. The van der Waals surface area contributed by atoms with E-state index in [0.717, 1.165) is 11.1 Å². The zero-order valence-electron chi connectivity index (χ0n) is 9.15. The molecule has 0 atom stereocenters. The van der Waals surface area contributed by atoms with Gasteiger partial charge in [0, 0.05) is 0 Å². The van der Waals surface area contributed by atoms with Gasteiger partial charge in [-0.25, -0.2) is 0 Å². The highest BCUT2D eigenvalue weighted by molar-refractivity contribution is 7.50. The van der Waals surface area contributed by atoms with Crippen molar-refractivity contribution >= 4 is 7.60 Å². The Morgan fingerprint density at radius 1 is 0.824 bits per heavy atom. The molecule has 2 N–H and O–H groups in total. The van der Waals surface area contributed by atoms with Crippen LogP contribution in [0.2, 0.25) is 0 Å². The lowest BCUT2D eigenvalue weighted by molar-refractivity contribution is 0.371. The van der Waals surface area contributed by atoms with Crippen molar-refractivity contribution in [3.63, 3.8) is 0 Å². The summed E-state index contributed by atoms with van der Waals surface area (Å²) in [5.41, 5.74) is 2.79. The topological polar surface area (TPSA) is 57.5 Å². The van der Waals surface area contributed by atoms with Gasteiger partial charge in [0.25, 0.3) is 0 Å². The molecular formula is C13H13O3P. The van der Waals surface area contributed by atoms with Crippen LogP contribution in [0.4, 0.5) is 0 Å². The molecule has 0 bridgehead atoms. The van der Waals surface area contributed by atoms with E-state index in [1.54, 1.807) is 12.1 Å². The molecule has 2 aromatic carbocycles. The Hall–Kier alpha value is -1.41. The summed E-state index contributed by atoms with van der Waals surface area (Å²) in [6, 6.07) is 17.1. The van der Waals surface area contributed by atoms with Gasteiger partial charge in [0.05, 0.1) is 6.16 Å². The third-order valence-electron chi connectivity index (χ3n) is 2.45. The van der Waals surface area contributed by atoms with E-state index in [2.05, 4.69) is 0 Å². The fraction of sp³-hybridized carbons (Fsp3) is 0.0769. The minimum Gasteiger partial charge on any atom is -0.324 e. The average molecular weight is 248 g/mol. The van der Waals surface area contributed by atoms with Gasteiger partial charge < -0.3 is 9.79 Å². The minimum absolute atomic E-state index is 0.206. The summed E-state index contributed by atoms with van der Waals surface area (Å²) in [5.74, 6) is 0. The molecule has 0 amide bonds. The first-order chi connectivity index (χ1) is 8.04. The highest BCUT2D eigenvalue weighted by Gasteiger charge is 2.13. The number of hydrogen-bond acceptors (Lipinski definition) is 1. The van der Waals surface area contributed by atoms with Crippen LogP contribution in [0, 0.1) is 0 Å². The first kappa shape index (κ1) is 12.1. The zero-order chi connectivity index (χ0) is 12.3. The van der Waals surface area contributed by atoms with Crippen molar-refractivity contribution < 1.29 is 14.4 Å². The Morgan fingerprint density at radius 2 is 1.35 bits per heavy atom. The molecule has 0 saturated carbocycles. The number of benzene rings is 2. The van der Waals surface area contributed by atoms with Crippen LogP contribution in [0.1, 0.15) is 5.56 Å². The van der Waals surface area contributed by atoms with Crippen molar-refractivity contribution in [3.05, 3.63) is 60.2 Å². The highest BCUT2D eigenvalue weighted by atomic mass is 31.2. The van der Waals surface area contributed by atoms with Crippen LogP contribution in [0.15, 0.2) is 54.6 Å². The molecule has 17 heavy (non-hydrogen) atoms. The molecule has 0 aromatic heterocycles. The minimum atomic E-state index is -3.97. The van der Waals surface area contributed by atoms with Crippen LogP contribution in [-0.2, 0) is 10.7 Å². The number of rotatable bonds is 3. The van der Waals surface area contributed by atoms with Crippen LogP contribution < -0.4 is 0 Å². The van der Waals surface area contributed by atoms with E-state index in [-0.39, 0.29) is 6.16 Å². The van der Waals surface area contributed by atoms with E-state index in [0.29, 0.717) is 5.56 Å². The van der Waals surface area contributed by atoms with Crippen LogP contribution >= 0.6 is 7.60 Å². The Balaban J connectivity index is 2.22. The maximum absolute atomic E-state index is 10.9. The summed E-state index contributed by atoms with van der Waals surface area (Å²) in [6.07, 6.45) is -0.206. The van der Waals surface area contributed by atoms with E-state index in [9.17, 15) is 4.57 Å². The first-order valence-electron chi connectivity index (χ1n) is 5.23. The molecule has 0 fully saturated rings. The normalized spacial score (nSPS) is 11.4. The Labute approximate surface area is 99.9 Å². The number of hydrogen-bond donors (Lipinski definition) is 2. The van der Waals surface area contributed by atoms with E-state index in [1.165, 1.54) is 0 Å². The van der Waals surface area contributed by atoms with Crippen molar-refractivity contribution in [1.29, 1.82) is 0 Å². The van der Waals surface area contributed by atoms with Gasteiger partial charge in [-0.1, -0.05) is 54.6 Å². The second-order valence-electron chi connectivity index (χ2n) is 3.89. The van der Waals surface area contributed by atoms with Gasteiger partial charge in [-0.2, -0.15) is 0 Å². The zero-order valence-corrected chi connectivity index (χ0v) is 10.0. The molecule has 0 saturated heterocycles. The van der Waals surface area contributed by atoms with Crippen LogP contribution in [0.25, 0.3) is 11.1 Å². The van der Waals surface area contributed by atoms with Gasteiger partial charge in [-0.3, -0.25) is 4.57 Å². The third kappa shape index (κ3) is 3.53. The lowest BCUT2D eigenvalue weighted by atomic mass is 10.0. The molecule has 4 heteroatoms. The molecule has 0 unspecified atom stereocenters. The molecule has 0 radical (unpaired) electrons. The predicted octanol–water partition coefficient (Wildman–Crippen LogP) is 3.03. The van der Waals surface area contributed by atoms with Gasteiger partial charge >= 0.3 is 7.60 Å². The van der Waals surface area contributed by atoms with Crippen molar-refractivity contribution in [2.45, 2.75) is 6.16 Å². The van der Waals surface area contributed by atoms with Crippen molar-refractivity contribution in [2.75, 3.05) is 0 Å². The molecule has 3 nitrogen and oxygen atoms in total. The van der Waals surface area contributed by atoms with Crippen molar-refractivity contribution in [3.8, 4) is 11.1 Å². The SMILES string of the molecule is O=P(O)(O)Cc1ccc(-c2ccccc2)cc1. The summed E-state index contributed by atoms with van der Waals surface area (Å²) >= 11 is 0. The fourth-order valence-corrected chi connectivity index (χ4v) is 2.36. The monoisotopic (exact) mass is 248 g/mol. The molecule has 0 heterocycles. The molecule has 2 rings (SSSR count). The third-order valence-corrected chi connectivity index (χ3v) is 3.23. The lowest BCUT2D eigenvalue weighted by Gasteiger charge is -2.05. The molecule has 0 aliphatic rings. The van der Waals surface area contributed by atoms with Crippen LogP contribution in [0.5, 0.6) is 0 Å². The second kappa shape index (κ2) is 4.84. The highest BCUT2D eigenvalue weighted by Crippen LogP contribution is 2.39. The molecule has 0 spiro atoms. The van der Waals surface area contributed by atoms with Crippen LogP contribution in [0.3, 0.4) is 0 Å². The second-order valence-corrected chi connectivity index (χ2v) is 5.53. The lowest BCUT2D eigenvalue weighted by Crippen LogP contribution is -1.87. The van der Waals surface area contributed by atoms with E-state index >= 15 is 0 Å². The summed E-state index contributed by atoms with van der Waals surface area (Å²) in [7, 11) is -3.97. The van der Waals surface area contributed by atoms with E-state index in [4.69, 9.17) is 9.79 Å². The maximum Gasteiger partial charge on any atom is 0.329 e. The summed E-state index contributed by atoms with van der Waals surface area (Å²) in [6.45, 7) is 0. The van der Waals surface area contributed by atoms with Gasteiger partial charge in [0.1, 0.15) is 0 Å². The van der Waals surface area contributed by atoms with Crippen molar-refractivity contribution in [2.24, 2.45) is 0 Å². The van der Waals surface area contributed by atoms with Gasteiger partial charge in [-0.05, 0) is 16.7 Å². The molecule has 2 aromatic rings. The smallest absolute Gasteiger partial charge is 0.324 e. The van der Waals surface area contributed by atoms with E-state index < -0.39 is 7.60 Å². The van der Waals surface area contributed by atoms with Gasteiger partial charge in [-0.15, -0.1) is 0 Å². The molecule has 0 aliphatic carbocycles. The van der Waals surface area contributed by atoms with Crippen molar-refractivity contribution in [1.82, 2.24) is 0 Å². The average Bonchev–Trinajstić information content (AvgIpc) is 2.29. The summed E-state index contributed by atoms with van der Waals surface area (Å²) in [5, 5.41) is 0. The fourth-order valence-electron chi connectivity index (χ4n) is 1.67. The maximum atomic E-state index is 10.9. The Bertz CT molecular complexity index is 528. The summed E-state index contributed by atoms with van der Waals surface area (Å²) in [4.78, 5) is 17.7. The molecule has 88 valence electrons. The standard InChI is InChI=1S/C13H13O3P/c14-17(15,16)10-11-6-8-13(9-7-11)12-4-2-1-3-5-12/h1-9H,10H2,(H2,14,15,16). The van der Waals surface area contributed by atoms with Gasteiger partial charge in [0.2, 0.25) is 0 Å². The van der Waals surface area contributed by atoms with Crippen LogP contribution in [-0.4, -0.2) is 9.79 Å². The van der Waals surface area contributed by atoms with Gasteiger partial charge in [0.15, 0.2) is 0 Å². The largest absolute Gasteiger partial charge is 0.329 e. The Kier molecular flexibility index (Phi) is 3.43. The molecule has 0 aliphatic heterocycles. The molecular weight excluding hydrogens is 235 g/mol. The first-order valence-corrected chi connectivity index (χ1v) is 7.03. The van der Waals surface area contributed by atoms with E-state index in [1.807, 2.05) is 42.5 Å². The summed E-state index contributed by atoms with van der Waals surface area (Å²) < 4.78 is 10.9. The quantitative estimate of drug-likeness (QED) is 0.821.